The smallest absolute Gasteiger partial charge is 0.297 e. The van der Waals surface area contributed by atoms with Crippen LogP contribution in [-0.2, 0) is 0 Å². The van der Waals surface area contributed by atoms with Gasteiger partial charge in [-0.05, 0) is 18.2 Å². The van der Waals surface area contributed by atoms with Gasteiger partial charge >= 0.3 is 0 Å². The van der Waals surface area contributed by atoms with Gasteiger partial charge < -0.3 is 9.67 Å². The van der Waals surface area contributed by atoms with Gasteiger partial charge in [-0.1, -0.05) is 6.07 Å². The monoisotopic (exact) mass is 204 g/mol. The van der Waals surface area contributed by atoms with Crippen molar-refractivity contribution in [2.24, 2.45) is 0 Å². The molecule has 0 aliphatic rings. The van der Waals surface area contributed by atoms with Crippen molar-refractivity contribution < 1.29 is 10.0 Å². The van der Waals surface area contributed by atoms with Crippen molar-refractivity contribution in [1.82, 2.24) is 4.57 Å². The van der Waals surface area contributed by atoms with Crippen LogP contribution in [0.2, 0.25) is 0 Å². The summed E-state index contributed by atoms with van der Waals surface area (Å²) < 4.78 is 1.51. The summed E-state index contributed by atoms with van der Waals surface area (Å²) in [5.74, 6) is -0.111. The van der Waals surface area contributed by atoms with E-state index in [1.165, 1.54) is 22.8 Å². The van der Waals surface area contributed by atoms with Crippen LogP contribution in [0.4, 0.5) is 5.69 Å². The molecule has 0 atom stereocenters. The van der Waals surface area contributed by atoms with Crippen LogP contribution in [0.5, 0.6) is 5.75 Å². The molecule has 5 heteroatoms. The maximum absolute atomic E-state index is 10.8. The molecule has 76 valence electrons. The quantitative estimate of drug-likeness (QED) is 0.601. The molecule has 2 rings (SSSR count). The van der Waals surface area contributed by atoms with Gasteiger partial charge in [-0.15, -0.1) is 0 Å². The molecule has 15 heavy (non-hydrogen) atoms. The fourth-order valence-electron chi connectivity index (χ4n) is 1.41. The molecule has 0 aliphatic carbocycles. The second kappa shape index (κ2) is 3.45. The number of para-hydroxylation sites is 1. The summed E-state index contributed by atoms with van der Waals surface area (Å²) in [4.78, 5) is 10.2. The van der Waals surface area contributed by atoms with Crippen LogP contribution in [0.15, 0.2) is 42.7 Å². The first kappa shape index (κ1) is 9.26. The highest BCUT2D eigenvalue weighted by molar-refractivity contribution is 5.60. The van der Waals surface area contributed by atoms with Crippen molar-refractivity contribution in [3.05, 3.63) is 52.8 Å². The van der Waals surface area contributed by atoms with Gasteiger partial charge in [-0.2, -0.15) is 0 Å². The summed E-state index contributed by atoms with van der Waals surface area (Å²) in [6.45, 7) is 0. The lowest BCUT2D eigenvalue weighted by molar-refractivity contribution is -0.384. The van der Waals surface area contributed by atoms with Gasteiger partial charge in [-0.25, -0.2) is 0 Å². The lowest BCUT2D eigenvalue weighted by atomic mass is 10.2. The Kier molecular flexibility index (Phi) is 2.13. The van der Waals surface area contributed by atoms with Gasteiger partial charge in [0.1, 0.15) is 5.75 Å². The number of benzene rings is 1. The van der Waals surface area contributed by atoms with Gasteiger partial charge in [0.25, 0.3) is 5.69 Å². The molecule has 0 bridgehead atoms. The van der Waals surface area contributed by atoms with Gasteiger partial charge in [0.05, 0.1) is 4.92 Å². The van der Waals surface area contributed by atoms with Crippen molar-refractivity contribution in [2.75, 3.05) is 0 Å². The molecule has 1 aromatic heterocycles. The van der Waals surface area contributed by atoms with E-state index in [1.54, 1.807) is 24.5 Å². The van der Waals surface area contributed by atoms with E-state index < -0.39 is 4.92 Å². The molecule has 2 aromatic rings. The number of hydrogen-bond donors (Lipinski definition) is 1. The van der Waals surface area contributed by atoms with Crippen LogP contribution < -0.4 is 0 Å². The molecular weight excluding hydrogens is 196 g/mol. The van der Waals surface area contributed by atoms with Gasteiger partial charge in [-0.3, -0.25) is 10.1 Å². The van der Waals surface area contributed by atoms with E-state index in [4.69, 9.17) is 0 Å². The number of rotatable bonds is 2. The van der Waals surface area contributed by atoms with Crippen LogP contribution in [-0.4, -0.2) is 14.6 Å². The second-order valence-corrected chi connectivity index (χ2v) is 2.99. The maximum Gasteiger partial charge on any atom is 0.297 e. The summed E-state index contributed by atoms with van der Waals surface area (Å²) >= 11 is 0. The van der Waals surface area contributed by atoms with Crippen molar-refractivity contribution in [2.45, 2.75) is 0 Å². The van der Waals surface area contributed by atoms with Crippen LogP contribution in [0.3, 0.4) is 0 Å². The van der Waals surface area contributed by atoms with E-state index in [2.05, 4.69) is 0 Å². The molecule has 0 unspecified atom stereocenters. The van der Waals surface area contributed by atoms with Crippen LogP contribution in [0.1, 0.15) is 0 Å². The summed E-state index contributed by atoms with van der Waals surface area (Å²) in [5.41, 5.74) is 0.0682. The van der Waals surface area contributed by atoms with Gasteiger partial charge in [0, 0.05) is 18.5 Å². The zero-order valence-electron chi connectivity index (χ0n) is 7.70. The highest BCUT2D eigenvalue weighted by Gasteiger charge is 2.17. The number of nitro groups is 1. The standard InChI is InChI=1S/C10H8N2O3/c13-9-5-3-4-8(12(14)15)10(9)11-6-1-2-7-11/h1-7,13H. The molecule has 0 saturated carbocycles. The first-order valence-electron chi connectivity index (χ1n) is 4.30. The lowest BCUT2D eigenvalue weighted by Gasteiger charge is -2.05. The zero-order valence-corrected chi connectivity index (χ0v) is 7.70. The van der Waals surface area contributed by atoms with Crippen molar-refractivity contribution in [3.8, 4) is 11.4 Å². The van der Waals surface area contributed by atoms with Gasteiger partial charge in [0.15, 0.2) is 5.69 Å². The predicted molar refractivity (Wildman–Crippen MR) is 54.1 cm³/mol. The molecule has 5 nitrogen and oxygen atoms in total. The van der Waals surface area contributed by atoms with Crippen molar-refractivity contribution in [1.29, 1.82) is 0 Å². The van der Waals surface area contributed by atoms with Crippen LogP contribution >= 0.6 is 0 Å². The van der Waals surface area contributed by atoms with E-state index in [1.807, 2.05) is 0 Å². The third-order valence-corrected chi connectivity index (χ3v) is 2.05. The molecule has 1 N–H and O–H groups in total. The van der Waals surface area contributed by atoms with Crippen molar-refractivity contribution >= 4 is 5.69 Å². The summed E-state index contributed by atoms with van der Waals surface area (Å²) in [5, 5.41) is 20.3. The van der Waals surface area contributed by atoms with Crippen LogP contribution in [0, 0.1) is 10.1 Å². The minimum atomic E-state index is -0.519. The number of aromatic nitrogens is 1. The highest BCUT2D eigenvalue weighted by Crippen LogP contribution is 2.30. The average Bonchev–Trinajstić information content (AvgIpc) is 2.70. The lowest BCUT2D eigenvalue weighted by Crippen LogP contribution is -1.98. The number of aromatic hydroxyl groups is 1. The second-order valence-electron chi connectivity index (χ2n) is 2.99. The van der Waals surface area contributed by atoms with E-state index >= 15 is 0 Å². The highest BCUT2D eigenvalue weighted by atomic mass is 16.6. The normalized spacial score (nSPS) is 10.1. The van der Waals surface area contributed by atoms with Gasteiger partial charge in [0.2, 0.25) is 0 Å². The number of nitrogens with zero attached hydrogens (tertiary/aromatic N) is 2. The third kappa shape index (κ3) is 1.54. The minimum Gasteiger partial charge on any atom is -0.505 e. The van der Waals surface area contributed by atoms with E-state index in [0.717, 1.165) is 0 Å². The summed E-state index contributed by atoms with van der Waals surface area (Å²) in [6, 6.07) is 7.68. The predicted octanol–water partition coefficient (Wildman–Crippen LogP) is 2.09. The number of nitro benzene ring substituents is 1. The largest absolute Gasteiger partial charge is 0.505 e. The molecule has 1 heterocycles. The maximum atomic E-state index is 10.8. The summed E-state index contributed by atoms with van der Waals surface area (Å²) in [7, 11) is 0. The molecule has 0 radical (unpaired) electrons. The Balaban J connectivity index is 2.68. The Morgan fingerprint density at radius 1 is 1.20 bits per heavy atom. The topological polar surface area (TPSA) is 68.3 Å². The average molecular weight is 204 g/mol. The minimum absolute atomic E-state index is 0.111. The number of phenols is 1. The molecule has 0 fully saturated rings. The molecule has 0 spiro atoms. The Labute approximate surface area is 85.4 Å². The molecule has 1 aromatic carbocycles. The first-order valence-corrected chi connectivity index (χ1v) is 4.30. The Morgan fingerprint density at radius 2 is 1.87 bits per heavy atom. The molecule has 0 amide bonds. The first-order chi connectivity index (χ1) is 7.20. The molecular formula is C10H8N2O3. The SMILES string of the molecule is O=[N+]([O-])c1cccc(O)c1-n1cccc1. The Bertz CT molecular complexity index is 491. The Hall–Kier alpha value is -2.30. The number of phenolic OH excluding ortho intramolecular Hbond substituents is 1. The van der Waals surface area contributed by atoms with E-state index in [0.29, 0.717) is 0 Å². The fourth-order valence-corrected chi connectivity index (χ4v) is 1.41. The number of hydrogen-bond acceptors (Lipinski definition) is 3. The summed E-state index contributed by atoms with van der Waals surface area (Å²) in [6.07, 6.45) is 3.28. The Morgan fingerprint density at radius 3 is 2.47 bits per heavy atom. The van der Waals surface area contributed by atoms with Crippen LogP contribution in [0.25, 0.3) is 5.69 Å². The van der Waals surface area contributed by atoms with E-state index in [-0.39, 0.29) is 17.1 Å². The van der Waals surface area contributed by atoms with E-state index in [9.17, 15) is 15.2 Å². The molecule has 0 saturated heterocycles. The fraction of sp³-hybridized carbons (Fsp3) is 0. The molecule has 0 aliphatic heterocycles. The zero-order chi connectivity index (χ0) is 10.8. The third-order valence-electron chi connectivity index (χ3n) is 2.05. The van der Waals surface area contributed by atoms with Crippen molar-refractivity contribution in [3.63, 3.8) is 0 Å².